The zero-order valence-corrected chi connectivity index (χ0v) is 15.0. The minimum absolute atomic E-state index is 0.152. The van der Waals surface area contributed by atoms with Crippen molar-refractivity contribution in [2.45, 2.75) is 89.1 Å². The molecule has 6 N–H and O–H groups in total. The maximum Gasteiger partial charge on any atom is 0.220 e. The van der Waals surface area contributed by atoms with Gasteiger partial charge in [-0.1, -0.05) is 12.8 Å². The third kappa shape index (κ3) is 9.88. The van der Waals surface area contributed by atoms with Crippen LogP contribution >= 0.6 is 0 Å². The van der Waals surface area contributed by atoms with Gasteiger partial charge in [0.15, 0.2) is 0 Å². The fourth-order valence-corrected chi connectivity index (χ4v) is 3.20. The van der Waals surface area contributed by atoms with Gasteiger partial charge in [-0.25, -0.2) is 0 Å². The summed E-state index contributed by atoms with van der Waals surface area (Å²) in [6, 6.07) is 0.537. The van der Waals surface area contributed by atoms with Crippen LogP contribution in [-0.2, 0) is 9.59 Å². The predicted molar refractivity (Wildman–Crippen MR) is 97.4 cm³/mol. The molecule has 0 aromatic rings. The number of nitrogens with two attached hydrogens (primary N) is 2. The summed E-state index contributed by atoms with van der Waals surface area (Å²) in [7, 11) is 0. The third-order valence-electron chi connectivity index (χ3n) is 4.67. The Bertz CT molecular complexity index is 321. The van der Waals surface area contributed by atoms with E-state index < -0.39 is 0 Å². The van der Waals surface area contributed by atoms with Gasteiger partial charge in [0.1, 0.15) is 0 Å². The van der Waals surface area contributed by atoms with Crippen molar-refractivity contribution in [1.29, 1.82) is 0 Å². The quantitative estimate of drug-likeness (QED) is 0.404. The number of unbranched alkanes of at least 4 members (excludes halogenated alkanes) is 4. The zero-order chi connectivity index (χ0) is 17.6. The molecule has 0 bridgehead atoms. The summed E-state index contributed by atoms with van der Waals surface area (Å²) in [6.07, 6.45) is 10.9. The molecule has 1 fully saturated rings. The molecular formula is C18H36N4O2. The maximum absolute atomic E-state index is 11.9. The summed E-state index contributed by atoms with van der Waals surface area (Å²) in [5, 5.41) is 6.25. The Morgan fingerprint density at radius 2 is 1.04 bits per heavy atom. The van der Waals surface area contributed by atoms with Gasteiger partial charge in [-0.3, -0.25) is 9.59 Å². The van der Waals surface area contributed by atoms with Crippen LogP contribution in [0.25, 0.3) is 0 Å². The highest BCUT2D eigenvalue weighted by Crippen LogP contribution is 2.19. The van der Waals surface area contributed by atoms with Crippen LogP contribution in [0.2, 0.25) is 0 Å². The molecule has 0 unspecified atom stereocenters. The predicted octanol–water partition coefficient (Wildman–Crippen LogP) is 1.57. The lowest BCUT2D eigenvalue weighted by Gasteiger charge is -2.29. The maximum atomic E-state index is 11.9. The van der Waals surface area contributed by atoms with Crippen LogP contribution in [0.15, 0.2) is 0 Å². The Labute approximate surface area is 146 Å². The van der Waals surface area contributed by atoms with Crippen molar-refractivity contribution in [3.05, 3.63) is 0 Å². The molecule has 6 heteroatoms. The second-order valence-electron chi connectivity index (χ2n) is 6.88. The molecule has 1 aliphatic rings. The van der Waals surface area contributed by atoms with Crippen LogP contribution in [0, 0.1) is 0 Å². The van der Waals surface area contributed by atoms with Crippen LogP contribution < -0.4 is 22.1 Å². The molecule has 140 valence electrons. The van der Waals surface area contributed by atoms with Crippen molar-refractivity contribution in [3.8, 4) is 0 Å². The Kier molecular flexibility index (Phi) is 11.5. The fraction of sp³-hybridized carbons (Fsp3) is 0.889. The third-order valence-corrected chi connectivity index (χ3v) is 4.67. The van der Waals surface area contributed by atoms with E-state index in [0.29, 0.717) is 25.9 Å². The Morgan fingerprint density at radius 3 is 1.38 bits per heavy atom. The van der Waals surface area contributed by atoms with E-state index in [0.717, 1.165) is 64.2 Å². The molecule has 24 heavy (non-hydrogen) atoms. The number of hydrogen-bond acceptors (Lipinski definition) is 4. The summed E-state index contributed by atoms with van der Waals surface area (Å²) >= 11 is 0. The second kappa shape index (κ2) is 13.2. The molecule has 0 radical (unpaired) electrons. The molecule has 1 saturated carbocycles. The number of carbonyl (C=O) groups is 2. The van der Waals surface area contributed by atoms with E-state index >= 15 is 0 Å². The largest absolute Gasteiger partial charge is 0.353 e. The van der Waals surface area contributed by atoms with Crippen molar-refractivity contribution in [1.82, 2.24) is 10.6 Å². The van der Waals surface area contributed by atoms with Crippen molar-refractivity contribution in [2.24, 2.45) is 11.5 Å². The molecule has 1 rings (SSSR count). The first-order chi connectivity index (χ1) is 11.7. The molecule has 0 aliphatic heterocycles. The smallest absolute Gasteiger partial charge is 0.220 e. The van der Waals surface area contributed by atoms with Gasteiger partial charge >= 0.3 is 0 Å². The van der Waals surface area contributed by atoms with Crippen molar-refractivity contribution in [2.75, 3.05) is 13.1 Å². The molecule has 0 aromatic heterocycles. The minimum atomic E-state index is 0.152. The first-order valence-electron chi connectivity index (χ1n) is 9.64. The Hall–Kier alpha value is -1.14. The molecule has 0 spiro atoms. The average molecular weight is 341 g/mol. The second-order valence-corrected chi connectivity index (χ2v) is 6.88. The van der Waals surface area contributed by atoms with Gasteiger partial charge in [0.25, 0.3) is 0 Å². The van der Waals surface area contributed by atoms with Gasteiger partial charge in [0.2, 0.25) is 11.8 Å². The molecule has 6 nitrogen and oxygen atoms in total. The van der Waals surface area contributed by atoms with E-state index in [2.05, 4.69) is 10.6 Å². The van der Waals surface area contributed by atoms with Crippen LogP contribution in [0.4, 0.5) is 0 Å². The van der Waals surface area contributed by atoms with E-state index in [1.807, 2.05) is 0 Å². The lowest BCUT2D eigenvalue weighted by molar-refractivity contribution is -0.123. The van der Waals surface area contributed by atoms with Crippen LogP contribution in [0.5, 0.6) is 0 Å². The Balaban J connectivity index is 2.08. The van der Waals surface area contributed by atoms with Crippen LogP contribution in [0.1, 0.15) is 77.0 Å². The van der Waals surface area contributed by atoms with Crippen LogP contribution in [-0.4, -0.2) is 37.0 Å². The zero-order valence-electron chi connectivity index (χ0n) is 15.0. The summed E-state index contributed by atoms with van der Waals surface area (Å²) in [5.74, 6) is 0.304. The van der Waals surface area contributed by atoms with Crippen LogP contribution in [0.3, 0.4) is 0 Å². The summed E-state index contributed by atoms with van der Waals surface area (Å²) in [5.41, 5.74) is 10.9. The topological polar surface area (TPSA) is 110 Å². The van der Waals surface area contributed by atoms with Crippen molar-refractivity contribution < 1.29 is 9.59 Å². The number of hydrogen-bond donors (Lipinski definition) is 4. The van der Waals surface area contributed by atoms with Gasteiger partial charge < -0.3 is 22.1 Å². The summed E-state index contributed by atoms with van der Waals surface area (Å²) in [4.78, 5) is 23.8. The van der Waals surface area contributed by atoms with E-state index in [1.54, 1.807) is 0 Å². The highest BCUT2D eigenvalue weighted by molar-refractivity contribution is 5.76. The average Bonchev–Trinajstić information content (AvgIpc) is 2.57. The lowest BCUT2D eigenvalue weighted by Crippen LogP contribution is -2.43. The molecule has 0 heterocycles. The number of amides is 2. The molecule has 2 amide bonds. The van der Waals surface area contributed by atoms with Gasteiger partial charge in [-0.05, 0) is 64.5 Å². The lowest BCUT2D eigenvalue weighted by atomic mass is 9.91. The highest BCUT2D eigenvalue weighted by atomic mass is 16.2. The number of rotatable bonds is 12. The SMILES string of the molecule is NCCCCCC(=O)NC1CCC(NC(=O)CCCCCN)CC1. The monoisotopic (exact) mass is 340 g/mol. The minimum Gasteiger partial charge on any atom is -0.353 e. The number of nitrogens with one attached hydrogen (secondary N) is 2. The fourth-order valence-electron chi connectivity index (χ4n) is 3.20. The molecule has 0 aromatic carbocycles. The molecule has 1 aliphatic carbocycles. The first-order valence-corrected chi connectivity index (χ1v) is 9.64. The van der Waals surface area contributed by atoms with Gasteiger partial charge in [0, 0.05) is 24.9 Å². The van der Waals surface area contributed by atoms with Crippen molar-refractivity contribution >= 4 is 11.8 Å². The Morgan fingerprint density at radius 1 is 0.667 bits per heavy atom. The molecule has 0 saturated heterocycles. The summed E-state index contributed by atoms with van der Waals surface area (Å²) < 4.78 is 0. The summed E-state index contributed by atoms with van der Waals surface area (Å²) in [6.45, 7) is 1.40. The van der Waals surface area contributed by atoms with Gasteiger partial charge in [-0.2, -0.15) is 0 Å². The molecule has 0 atom stereocenters. The number of carbonyl (C=O) groups excluding carboxylic acids is 2. The van der Waals surface area contributed by atoms with E-state index in [-0.39, 0.29) is 23.9 Å². The first kappa shape index (κ1) is 20.9. The van der Waals surface area contributed by atoms with E-state index in [1.165, 1.54) is 0 Å². The normalized spacial score (nSPS) is 20.6. The standard InChI is InChI=1S/C18H36N4O2/c19-13-5-1-3-7-17(23)21-15-9-11-16(12-10-15)22-18(24)8-4-2-6-14-20/h15-16H,1-14,19-20H2,(H,21,23)(H,22,24). The van der Waals surface area contributed by atoms with E-state index in [9.17, 15) is 9.59 Å². The van der Waals surface area contributed by atoms with Gasteiger partial charge in [0.05, 0.1) is 0 Å². The highest BCUT2D eigenvalue weighted by Gasteiger charge is 2.23. The molecular weight excluding hydrogens is 304 g/mol. The van der Waals surface area contributed by atoms with Crippen molar-refractivity contribution in [3.63, 3.8) is 0 Å². The van der Waals surface area contributed by atoms with Gasteiger partial charge in [-0.15, -0.1) is 0 Å². The van der Waals surface area contributed by atoms with E-state index in [4.69, 9.17) is 11.5 Å².